The van der Waals surface area contributed by atoms with Gasteiger partial charge in [0.05, 0.1) is 32.0 Å². The van der Waals surface area contributed by atoms with E-state index in [1.165, 1.54) is 50.6 Å². The van der Waals surface area contributed by atoms with Crippen molar-refractivity contribution in [3.63, 3.8) is 0 Å². The highest BCUT2D eigenvalue weighted by Gasteiger charge is 2.52. The van der Waals surface area contributed by atoms with Crippen molar-refractivity contribution in [3.05, 3.63) is 46.8 Å². The predicted octanol–water partition coefficient (Wildman–Crippen LogP) is -2.95. The van der Waals surface area contributed by atoms with Gasteiger partial charge in [0, 0.05) is 6.07 Å². The summed E-state index contributed by atoms with van der Waals surface area (Å²) in [6.07, 6.45) is -22.7. The number of methoxy groups -OCH3 is 1. The number of rotatable bonds is 10. The molecular weight excluding hydrogens is 740 g/mol. The summed E-state index contributed by atoms with van der Waals surface area (Å²) in [5, 5.41) is 94.0. The molecule has 0 aliphatic carbocycles. The Hall–Kier alpha value is -3.71. The first kappa shape index (κ1) is 39.5. The second-order valence-corrected chi connectivity index (χ2v) is 13.5. The second-order valence-electron chi connectivity index (χ2n) is 13.5. The van der Waals surface area contributed by atoms with Crippen molar-refractivity contribution >= 4 is 11.0 Å². The molecule has 20 heteroatoms. The molecule has 15 atom stereocenters. The van der Waals surface area contributed by atoms with Gasteiger partial charge in [-0.05, 0) is 24.6 Å². The van der Waals surface area contributed by atoms with E-state index in [9.17, 15) is 50.8 Å². The Morgan fingerprint density at radius 2 is 1.44 bits per heavy atom. The molecule has 0 spiro atoms. The maximum Gasteiger partial charge on any atom is 0.231 e. The zero-order valence-electron chi connectivity index (χ0n) is 29.3. The van der Waals surface area contributed by atoms with E-state index in [0.29, 0.717) is 11.3 Å². The molecule has 4 aliphatic heterocycles. The Bertz CT molecular complexity index is 1850. The minimum absolute atomic E-state index is 0.0557. The Kier molecular flexibility index (Phi) is 11.5. The lowest BCUT2D eigenvalue weighted by Crippen LogP contribution is -2.65. The topological polar surface area (TPSA) is 295 Å². The van der Waals surface area contributed by atoms with Crippen molar-refractivity contribution in [2.45, 2.75) is 99.0 Å². The fourth-order valence-corrected chi connectivity index (χ4v) is 6.81. The van der Waals surface area contributed by atoms with Gasteiger partial charge in [0.25, 0.3) is 0 Å². The lowest BCUT2D eigenvalue weighted by Gasteiger charge is -2.46. The van der Waals surface area contributed by atoms with E-state index in [4.69, 9.17) is 47.0 Å². The van der Waals surface area contributed by atoms with E-state index < -0.39 is 111 Å². The molecule has 9 N–H and O–H groups in total. The molecule has 1 aromatic heterocycles. The van der Waals surface area contributed by atoms with Crippen molar-refractivity contribution in [2.24, 2.45) is 0 Å². The standard InChI is InChI=1S/C35H42O20/c1-12-21(37)25(41)28(44)33(51-12)48-10-19-24(40)27(43)32(55-34-29(45)26(42)23(39)18(8-36)53-34)35(54-19)52-14-5-3-13(4-6-14)15-9-47-16-7-17-30(50-11-49-17)31(46-2)20(16)22(15)38/h3-7,9,12,18-19,21,23-29,32-37,39-45H,8,10-11H2,1-2H3/t12-,18+,19+,21-,23+,24+,25+,26-,27-,28+,29+,32+,33+,34-,35+/m0/s1. The molecule has 3 fully saturated rings. The first-order chi connectivity index (χ1) is 26.3. The van der Waals surface area contributed by atoms with E-state index >= 15 is 0 Å². The van der Waals surface area contributed by atoms with Gasteiger partial charge < -0.3 is 93.0 Å². The minimum Gasteiger partial charge on any atom is -0.492 e. The maximum absolute atomic E-state index is 13.7. The van der Waals surface area contributed by atoms with Crippen molar-refractivity contribution in [3.8, 4) is 34.1 Å². The molecule has 0 saturated carbocycles. The zero-order chi connectivity index (χ0) is 39.3. The van der Waals surface area contributed by atoms with Crippen LogP contribution >= 0.6 is 0 Å². The van der Waals surface area contributed by atoms with Crippen LogP contribution in [0.25, 0.3) is 22.1 Å². The van der Waals surface area contributed by atoms with Gasteiger partial charge in [-0.3, -0.25) is 4.79 Å². The quantitative estimate of drug-likeness (QED) is 0.0993. The smallest absolute Gasteiger partial charge is 0.231 e. The Morgan fingerprint density at radius 3 is 2.15 bits per heavy atom. The molecule has 20 nitrogen and oxygen atoms in total. The number of aliphatic hydroxyl groups excluding tert-OH is 9. The van der Waals surface area contributed by atoms with Gasteiger partial charge in [-0.15, -0.1) is 0 Å². The number of hydrogen-bond donors (Lipinski definition) is 9. The number of benzene rings is 2. The predicted molar refractivity (Wildman–Crippen MR) is 179 cm³/mol. The first-order valence-electron chi connectivity index (χ1n) is 17.3. The van der Waals surface area contributed by atoms with Crippen LogP contribution in [0.3, 0.4) is 0 Å². The molecule has 2 aromatic carbocycles. The van der Waals surface area contributed by atoms with Crippen LogP contribution in [0.4, 0.5) is 0 Å². The molecule has 3 aromatic rings. The van der Waals surface area contributed by atoms with Crippen LogP contribution in [0.2, 0.25) is 0 Å². The monoisotopic (exact) mass is 782 g/mol. The highest BCUT2D eigenvalue weighted by molar-refractivity contribution is 5.91. The molecule has 5 heterocycles. The fraction of sp³-hybridized carbons (Fsp3) is 0.571. The van der Waals surface area contributed by atoms with Crippen LogP contribution in [0.1, 0.15) is 6.92 Å². The van der Waals surface area contributed by atoms with Crippen molar-refractivity contribution in [2.75, 3.05) is 27.1 Å². The van der Waals surface area contributed by atoms with E-state index in [-0.39, 0.29) is 40.6 Å². The van der Waals surface area contributed by atoms with Crippen LogP contribution in [0.15, 0.2) is 45.8 Å². The molecule has 302 valence electrons. The highest BCUT2D eigenvalue weighted by atomic mass is 16.8. The molecule has 0 radical (unpaired) electrons. The minimum atomic E-state index is -1.88. The molecule has 0 bridgehead atoms. The normalized spacial score (nSPS) is 37.5. The summed E-state index contributed by atoms with van der Waals surface area (Å²) < 4.78 is 56.5. The molecule has 7 rings (SSSR count). The second kappa shape index (κ2) is 16.0. The van der Waals surface area contributed by atoms with Crippen molar-refractivity contribution in [1.82, 2.24) is 0 Å². The SMILES string of the molecule is COc1c2c(cc3occ(-c4ccc(O[C@@H]5O[C@H](CO[C@@H]6O[C@@H](C)[C@H](O)[C@@H](O)[C@H]6O)[C@@H](O)[C@H](O)[C@H]5O[C@@H]5O[C@H](CO)[C@@H](O)[C@H](O)[C@H]5O)cc4)c(=O)c13)OCO2. The van der Waals surface area contributed by atoms with Gasteiger partial charge >= 0.3 is 0 Å². The molecule has 0 amide bonds. The van der Waals surface area contributed by atoms with Crippen LogP contribution in [-0.4, -0.2) is 165 Å². The first-order valence-corrected chi connectivity index (χ1v) is 17.3. The summed E-state index contributed by atoms with van der Waals surface area (Å²) in [5.41, 5.74) is 0.332. The zero-order valence-corrected chi connectivity index (χ0v) is 29.3. The molecule has 55 heavy (non-hydrogen) atoms. The summed E-state index contributed by atoms with van der Waals surface area (Å²) in [6, 6.07) is 7.48. The van der Waals surface area contributed by atoms with E-state index in [1.807, 2.05) is 0 Å². The molecule has 0 unspecified atom stereocenters. The van der Waals surface area contributed by atoms with Crippen molar-refractivity contribution in [1.29, 1.82) is 0 Å². The maximum atomic E-state index is 13.7. The van der Waals surface area contributed by atoms with Crippen LogP contribution in [0.5, 0.6) is 23.0 Å². The van der Waals surface area contributed by atoms with Crippen LogP contribution in [-0.2, 0) is 23.7 Å². The summed E-state index contributed by atoms with van der Waals surface area (Å²) in [6.45, 7) is 0.0681. The Morgan fingerprint density at radius 1 is 0.764 bits per heavy atom. The van der Waals surface area contributed by atoms with Gasteiger partial charge in [0.2, 0.25) is 24.3 Å². The van der Waals surface area contributed by atoms with E-state index in [0.717, 1.165) is 0 Å². The number of aliphatic hydroxyl groups is 9. The summed E-state index contributed by atoms with van der Waals surface area (Å²) in [4.78, 5) is 13.7. The fourth-order valence-electron chi connectivity index (χ4n) is 6.81. The average Bonchev–Trinajstić information content (AvgIpc) is 3.66. The van der Waals surface area contributed by atoms with Crippen molar-refractivity contribution < 1.29 is 93.0 Å². The molecule has 3 saturated heterocycles. The summed E-state index contributed by atoms with van der Waals surface area (Å²) in [7, 11) is 1.38. The van der Waals surface area contributed by atoms with Crippen LogP contribution in [0, 0.1) is 0 Å². The van der Waals surface area contributed by atoms with E-state index in [2.05, 4.69) is 0 Å². The lowest BCUT2D eigenvalue weighted by molar-refractivity contribution is -0.362. The van der Waals surface area contributed by atoms with E-state index in [1.54, 1.807) is 0 Å². The number of ether oxygens (including phenoxy) is 9. The Balaban J connectivity index is 1.14. The third-order valence-electron chi connectivity index (χ3n) is 10.00. The van der Waals surface area contributed by atoms with Crippen LogP contribution < -0.4 is 24.4 Å². The van der Waals surface area contributed by atoms with Gasteiger partial charge in [-0.1, -0.05) is 12.1 Å². The molecular formula is C35H42O20. The third-order valence-corrected chi connectivity index (χ3v) is 10.00. The van der Waals surface area contributed by atoms with Gasteiger partial charge in [-0.25, -0.2) is 0 Å². The summed E-state index contributed by atoms with van der Waals surface area (Å²) in [5.74, 6) is 0.857. The summed E-state index contributed by atoms with van der Waals surface area (Å²) >= 11 is 0. The average molecular weight is 783 g/mol. The Labute approximate surface area is 311 Å². The largest absolute Gasteiger partial charge is 0.492 e. The molecule has 4 aliphatic rings. The number of hydrogen-bond acceptors (Lipinski definition) is 20. The highest BCUT2D eigenvalue weighted by Crippen LogP contribution is 2.45. The van der Waals surface area contributed by atoms with Gasteiger partial charge in [0.15, 0.2) is 30.2 Å². The lowest BCUT2D eigenvalue weighted by atomic mass is 9.97. The third kappa shape index (κ3) is 7.35. The number of fused-ring (bicyclic) bond motifs is 2. The van der Waals surface area contributed by atoms with Gasteiger partial charge in [-0.2, -0.15) is 0 Å². The van der Waals surface area contributed by atoms with Gasteiger partial charge in [0.1, 0.15) is 84.0 Å².